The molecule has 0 aliphatic carbocycles. The molecule has 0 spiro atoms. The highest BCUT2D eigenvalue weighted by molar-refractivity contribution is 7.89. The van der Waals surface area contributed by atoms with Gasteiger partial charge in [-0.15, -0.1) is 11.3 Å². The predicted molar refractivity (Wildman–Crippen MR) is 80.2 cm³/mol. The molecule has 112 valence electrons. The zero-order valence-electron chi connectivity index (χ0n) is 11.5. The maximum absolute atomic E-state index is 12.7. The summed E-state index contributed by atoms with van der Waals surface area (Å²) in [6.45, 7) is 3.80. The van der Waals surface area contributed by atoms with Gasteiger partial charge in [0.05, 0.1) is 4.90 Å². The maximum Gasteiger partial charge on any atom is 0.243 e. The zero-order valence-corrected chi connectivity index (χ0v) is 13.1. The Morgan fingerprint density at radius 1 is 1.30 bits per heavy atom. The molecule has 0 amide bonds. The van der Waals surface area contributed by atoms with Gasteiger partial charge in [0.2, 0.25) is 10.0 Å². The molecule has 2 aliphatic heterocycles. The van der Waals surface area contributed by atoms with E-state index in [4.69, 9.17) is 5.73 Å². The number of rotatable bonds is 3. The van der Waals surface area contributed by atoms with E-state index in [1.807, 2.05) is 0 Å². The molecule has 1 aromatic heterocycles. The van der Waals surface area contributed by atoms with Gasteiger partial charge in [-0.3, -0.25) is 4.90 Å². The molecule has 2 aliphatic rings. The van der Waals surface area contributed by atoms with Crippen LogP contribution in [0.2, 0.25) is 0 Å². The van der Waals surface area contributed by atoms with E-state index in [2.05, 4.69) is 4.90 Å². The van der Waals surface area contributed by atoms with E-state index in [-0.39, 0.29) is 0 Å². The molecule has 2 saturated heterocycles. The van der Waals surface area contributed by atoms with Crippen LogP contribution in [0.5, 0.6) is 0 Å². The molecular formula is C13H21N3O2S2. The summed E-state index contributed by atoms with van der Waals surface area (Å²) < 4.78 is 27.1. The van der Waals surface area contributed by atoms with Gasteiger partial charge < -0.3 is 5.73 Å². The summed E-state index contributed by atoms with van der Waals surface area (Å²) in [4.78, 5) is 3.77. The number of nitrogens with zero attached hydrogens (tertiary/aromatic N) is 2. The van der Waals surface area contributed by atoms with Crippen LogP contribution < -0.4 is 5.73 Å². The Labute approximate surface area is 124 Å². The van der Waals surface area contributed by atoms with Gasteiger partial charge in [-0.05, 0) is 38.4 Å². The van der Waals surface area contributed by atoms with Crippen LogP contribution in [0.3, 0.4) is 0 Å². The first-order chi connectivity index (χ1) is 9.61. The molecule has 2 N–H and O–H groups in total. The Morgan fingerprint density at radius 3 is 2.85 bits per heavy atom. The SMILES string of the molecule is NCc1cc(S(=O)(=O)N2CCCN3CCCC3C2)cs1. The lowest BCUT2D eigenvalue weighted by Crippen LogP contribution is -2.39. The Hall–Kier alpha value is -0.470. The van der Waals surface area contributed by atoms with E-state index < -0.39 is 10.0 Å². The fourth-order valence-corrected chi connectivity index (χ4v) is 5.80. The summed E-state index contributed by atoms with van der Waals surface area (Å²) in [6, 6.07) is 2.12. The minimum Gasteiger partial charge on any atom is -0.326 e. The van der Waals surface area contributed by atoms with Crippen molar-refractivity contribution in [1.29, 1.82) is 0 Å². The molecule has 1 unspecified atom stereocenters. The number of nitrogens with two attached hydrogens (primary N) is 1. The molecule has 0 aromatic carbocycles. The number of hydrogen-bond donors (Lipinski definition) is 1. The fraction of sp³-hybridized carbons (Fsp3) is 0.692. The first-order valence-electron chi connectivity index (χ1n) is 7.13. The molecule has 0 radical (unpaired) electrons. The molecular weight excluding hydrogens is 294 g/mol. The highest BCUT2D eigenvalue weighted by Gasteiger charge is 2.34. The zero-order chi connectivity index (χ0) is 14.2. The summed E-state index contributed by atoms with van der Waals surface area (Å²) in [5.41, 5.74) is 5.58. The van der Waals surface area contributed by atoms with Crippen molar-refractivity contribution in [3.63, 3.8) is 0 Å². The van der Waals surface area contributed by atoms with Gasteiger partial charge >= 0.3 is 0 Å². The average molecular weight is 315 g/mol. The van der Waals surface area contributed by atoms with Crippen LogP contribution in [0.15, 0.2) is 16.3 Å². The Morgan fingerprint density at radius 2 is 2.10 bits per heavy atom. The molecule has 7 heteroatoms. The molecule has 1 atom stereocenters. The Kier molecular flexibility index (Phi) is 4.14. The quantitative estimate of drug-likeness (QED) is 0.906. The fourth-order valence-electron chi connectivity index (χ4n) is 3.14. The van der Waals surface area contributed by atoms with Gasteiger partial charge in [-0.25, -0.2) is 8.42 Å². The molecule has 3 rings (SSSR count). The van der Waals surface area contributed by atoms with Crippen molar-refractivity contribution in [2.75, 3.05) is 26.2 Å². The predicted octanol–water partition coefficient (Wildman–Crippen LogP) is 1.07. The first-order valence-corrected chi connectivity index (χ1v) is 9.45. The van der Waals surface area contributed by atoms with Gasteiger partial charge in [0.25, 0.3) is 0 Å². The van der Waals surface area contributed by atoms with Crippen LogP contribution in [0.1, 0.15) is 24.1 Å². The number of sulfonamides is 1. The van der Waals surface area contributed by atoms with Crippen molar-refractivity contribution in [3.8, 4) is 0 Å². The maximum atomic E-state index is 12.7. The largest absolute Gasteiger partial charge is 0.326 e. The van der Waals surface area contributed by atoms with Crippen LogP contribution >= 0.6 is 11.3 Å². The highest BCUT2D eigenvalue weighted by Crippen LogP contribution is 2.27. The van der Waals surface area contributed by atoms with E-state index in [9.17, 15) is 8.42 Å². The van der Waals surface area contributed by atoms with Gasteiger partial charge in [0.15, 0.2) is 0 Å². The summed E-state index contributed by atoms with van der Waals surface area (Å²) in [6.07, 6.45) is 3.22. The van der Waals surface area contributed by atoms with Crippen molar-refractivity contribution in [2.24, 2.45) is 5.73 Å². The van der Waals surface area contributed by atoms with Crippen molar-refractivity contribution >= 4 is 21.4 Å². The van der Waals surface area contributed by atoms with E-state index in [0.717, 1.165) is 30.8 Å². The van der Waals surface area contributed by atoms with Gasteiger partial charge in [0.1, 0.15) is 0 Å². The normalized spacial score (nSPS) is 25.6. The van der Waals surface area contributed by atoms with Crippen LogP contribution in [-0.2, 0) is 16.6 Å². The van der Waals surface area contributed by atoms with Crippen LogP contribution in [0.25, 0.3) is 0 Å². The van der Waals surface area contributed by atoms with E-state index in [1.54, 1.807) is 15.8 Å². The monoisotopic (exact) mass is 315 g/mol. The van der Waals surface area contributed by atoms with Gasteiger partial charge in [-0.2, -0.15) is 4.31 Å². The average Bonchev–Trinajstić information content (AvgIpc) is 3.04. The molecule has 3 heterocycles. The smallest absolute Gasteiger partial charge is 0.243 e. The number of thiophene rings is 1. The molecule has 0 bridgehead atoms. The van der Waals surface area contributed by atoms with Crippen molar-refractivity contribution in [1.82, 2.24) is 9.21 Å². The van der Waals surface area contributed by atoms with E-state index in [1.165, 1.54) is 17.8 Å². The first kappa shape index (κ1) is 14.5. The van der Waals surface area contributed by atoms with E-state index >= 15 is 0 Å². The van der Waals surface area contributed by atoms with Crippen molar-refractivity contribution in [3.05, 3.63) is 16.3 Å². The lowest BCUT2D eigenvalue weighted by atomic mass is 10.2. The lowest BCUT2D eigenvalue weighted by Gasteiger charge is -2.24. The van der Waals surface area contributed by atoms with Gasteiger partial charge in [0, 0.05) is 35.9 Å². The molecule has 1 aromatic rings. The third kappa shape index (κ3) is 2.65. The summed E-state index contributed by atoms with van der Waals surface area (Å²) in [5, 5.41) is 1.72. The highest BCUT2D eigenvalue weighted by atomic mass is 32.2. The molecule has 20 heavy (non-hydrogen) atoms. The summed E-state index contributed by atoms with van der Waals surface area (Å²) in [5.74, 6) is 0. The lowest BCUT2D eigenvalue weighted by molar-refractivity contribution is 0.257. The Balaban J connectivity index is 1.82. The second-order valence-electron chi connectivity index (χ2n) is 5.50. The standard InChI is InChI=1S/C13H21N3O2S2/c14-8-12-7-13(10-19-12)20(17,18)16-6-2-5-15-4-1-3-11(15)9-16/h7,10-11H,1-6,8-9,14H2. The van der Waals surface area contributed by atoms with Crippen LogP contribution in [-0.4, -0.2) is 49.8 Å². The van der Waals surface area contributed by atoms with Crippen molar-refractivity contribution < 1.29 is 8.42 Å². The molecule has 0 saturated carbocycles. The topological polar surface area (TPSA) is 66.6 Å². The minimum absolute atomic E-state index is 0.399. The number of fused-ring (bicyclic) bond motifs is 1. The van der Waals surface area contributed by atoms with Gasteiger partial charge in [-0.1, -0.05) is 0 Å². The van der Waals surface area contributed by atoms with E-state index in [0.29, 0.717) is 30.6 Å². The third-order valence-corrected chi connectivity index (χ3v) is 7.19. The molecule has 5 nitrogen and oxygen atoms in total. The summed E-state index contributed by atoms with van der Waals surface area (Å²) in [7, 11) is -3.35. The second-order valence-corrected chi connectivity index (χ2v) is 8.44. The minimum atomic E-state index is -3.35. The Bertz CT molecular complexity index is 570. The third-order valence-electron chi connectivity index (χ3n) is 4.23. The summed E-state index contributed by atoms with van der Waals surface area (Å²) >= 11 is 1.42. The van der Waals surface area contributed by atoms with Crippen LogP contribution in [0.4, 0.5) is 0 Å². The van der Waals surface area contributed by atoms with Crippen LogP contribution in [0, 0.1) is 0 Å². The van der Waals surface area contributed by atoms with Crippen molar-refractivity contribution in [2.45, 2.75) is 36.7 Å². The number of hydrogen-bond acceptors (Lipinski definition) is 5. The second kappa shape index (κ2) is 5.73. The molecule has 2 fully saturated rings.